The van der Waals surface area contributed by atoms with Crippen molar-refractivity contribution in [3.8, 4) is 0 Å². The molecule has 0 unspecified atom stereocenters. The Hall–Kier alpha value is -0.350. The lowest BCUT2D eigenvalue weighted by Gasteiger charge is -2.28. The van der Waals surface area contributed by atoms with Gasteiger partial charge in [0.25, 0.3) is 5.91 Å². The van der Waals surface area contributed by atoms with Gasteiger partial charge in [-0.3, -0.25) is 4.79 Å². The number of alkyl halides is 1. The Morgan fingerprint density at radius 1 is 1.33 bits per heavy atom. The number of nitrogens with zero attached hydrogens (tertiary/aromatic N) is 1. The van der Waals surface area contributed by atoms with Gasteiger partial charge >= 0.3 is 0 Å². The van der Waals surface area contributed by atoms with Gasteiger partial charge < -0.3 is 4.90 Å². The number of carbonyl (C=O) groups excluding carboxylic acids is 1. The first kappa shape index (κ1) is 14.1. The Bertz CT molecular complexity index is 416. The molecule has 1 aromatic carbocycles. The molecule has 1 fully saturated rings. The summed E-state index contributed by atoms with van der Waals surface area (Å²) in [5.41, 5.74) is 0.775. The van der Waals surface area contributed by atoms with Crippen LogP contribution in [0.1, 0.15) is 36.0 Å². The van der Waals surface area contributed by atoms with Gasteiger partial charge in [-0.05, 0) is 31.0 Å². The number of rotatable bonds is 4. The molecule has 18 heavy (non-hydrogen) atoms. The van der Waals surface area contributed by atoms with Gasteiger partial charge in [0.05, 0.1) is 0 Å². The fraction of sp³-hybridized carbons (Fsp3) is 0.500. The van der Waals surface area contributed by atoms with Crippen LogP contribution in [0.4, 0.5) is 0 Å². The van der Waals surface area contributed by atoms with Gasteiger partial charge in [0.1, 0.15) is 0 Å². The second-order valence-corrected chi connectivity index (χ2v) is 6.34. The Kier molecular flexibility index (Phi) is 5.25. The van der Waals surface area contributed by atoms with E-state index in [1.54, 1.807) is 0 Å². The molecule has 0 aromatic heterocycles. The smallest absolute Gasteiger partial charge is 0.254 e. The molecule has 0 bridgehead atoms. The third-order valence-corrected chi connectivity index (χ3v) is 4.27. The van der Waals surface area contributed by atoms with Crippen LogP contribution >= 0.6 is 31.9 Å². The van der Waals surface area contributed by atoms with Crippen LogP contribution in [0, 0.1) is 0 Å². The summed E-state index contributed by atoms with van der Waals surface area (Å²) in [6.07, 6.45) is 4.78. The van der Waals surface area contributed by atoms with E-state index in [4.69, 9.17) is 0 Å². The van der Waals surface area contributed by atoms with Gasteiger partial charge in [0, 0.05) is 28.0 Å². The molecular weight excluding hydrogens is 358 g/mol. The van der Waals surface area contributed by atoms with Crippen molar-refractivity contribution in [3.05, 3.63) is 34.3 Å². The molecule has 0 atom stereocenters. The van der Waals surface area contributed by atoms with Crippen molar-refractivity contribution in [2.75, 3.05) is 11.9 Å². The third-order valence-electron chi connectivity index (χ3n) is 3.42. The molecule has 1 amide bonds. The molecule has 0 aliphatic heterocycles. The van der Waals surface area contributed by atoms with Gasteiger partial charge in [-0.2, -0.15) is 0 Å². The summed E-state index contributed by atoms with van der Waals surface area (Å²) in [6.45, 7) is 0.788. The van der Waals surface area contributed by atoms with Gasteiger partial charge in [-0.15, -0.1) is 0 Å². The molecule has 1 aliphatic carbocycles. The number of amides is 1. The van der Waals surface area contributed by atoms with Gasteiger partial charge in [0.2, 0.25) is 0 Å². The lowest BCUT2D eigenvalue weighted by Crippen LogP contribution is -2.40. The summed E-state index contributed by atoms with van der Waals surface area (Å²) in [7, 11) is 0. The maximum absolute atomic E-state index is 12.6. The number of hydrogen-bond donors (Lipinski definition) is 0. The van der Waals surface area contributed by atoms with E-state index in [1.807, 2.05) is 29.2 Å². The minimum Gasteiger partial charge on any atom is -0.335 e. The number of halogens is 2. The van der Waals surface area contributed by atoms with Crippen molar-refractivity contribution < 1.29 is 4.79 Å². The van der Waals surface area contributed by atoms with E-state index in [2.05, 4.69) is 31.9 Å². The first-order valence-corrected chi connectivity index (χ1v) is 8.26. The quantitative estimate of drug-likeness (QED) is 0.722. The summed E-state index contributed by atoms with van der Waals surface area (Å²) in [6, 6.07) is 8.08. The zero-order chi connectivity index (χ0) is 13.0. The summed E-state index contributed by atoms with van der Waals surface area (Å²) in [5, 5.41) is 0.837. The van der Waals surface area contributed by atoms with Crippen molar-refractivity contribution in [1.29, 1.82) is 0 Å². The van der Waals surface area contributed by atoms with E-state index in [9.17, 15) is 4.79 Å². The summed E-state index contributed by atoms with van der Waals surface area (Å²) in [4.78, 5) is 14.6. The van der Waals surface area contributed by atoms with Crippen LogP contribution in [-0.4, -0.2) is 28.7 Å². The Labute approximate surface area is 125 Å². The molecule has 1 aromatic rings. The average molecular weight is 375 g/mol. The number of benzene rings is 1. The highest BCUT2D eigenvalue weighted by atomic mass is 79.9. The fourth-order valence-electron chi connectivity index (χ4n) is 2.54. The van der Waals surface area contributed by atoms with Crippen molar-refractivity contribution in [2.45, 2.75) is 31.7 Å². The average Bonchev–Trinajstić information content (AvgIpc) is 2.89. The lowest BCUT2D eigenvalue weighted by molar-refractivity contribution is 0.0696. The first-order chi connectivity index (χ1) is 8.72. The van der Waals surface area contributed by atoms with Crippen LogP contribution in [0.2, 0.25) is 0 Å². The zero-order valence-electron chi connectivity index (χ0n) is 10.2. The molecule has 1 saturated carbocycles. The van der Waals surface area contributed by atoms with Crippen molar-refractivity contribution in [3.63, 3.8) is 0 Å². The van der Waals surface area contributed by atoms with Crippen LogP contribution in [0.25, 0.3) is 0 Å². The number of hydrogen-bond acceptors (Lipinski definition) is 1. The number of carbonyl (C=O) groups is 1. The SMILES string of the molecule is O=C(c1cccc(Br)c1)N(CCBr)C1CCCC1. The first-order valence-electron chi connectivity index (χ1n) is 6.35. The topological polar surface area (TPSA) is 20.3 Å². The Balaban J connectivity index is 2.17. The minimum absolute atomic E-state index is 0.155. The lowest BCUT2D eigenvalue weighted by atomic mass is 10.1. The summed E-state index contributed by atoms with van der Waals surface area (Å²) in [5.74, 6) is 0.155. The molecule has 1 aliphatic rings. The molecule has 4 heteroatoms. The van der Waals surface area contributed by atoms with E-state index in [1.165, 1.54) is 12.8 Å². The molecule has 0 saturated heterocycles. The van der Waals surface area contributed by atoms with Crippen LogP contribution in [0.15, 0.2) is 28.7 Å². The van der Waals surface area contributed by atoms with E-state index >= 15 is 0 Å². The zero-order valence-corrected chi connectivity index (χ0v) is 13.4. The van der Waals surface area contributed by atoms with E-state index in [0.717, 1.165) is 34.8 Å². The van der Waals surface area contributed by atoms with E-state index in [0.29, 0.717) is 6.04 Å². The van der Waals surface area contributed by atoms with Crippen molar-refractivity contribution >= 4 is 37.8 Å². The fourth-order valence-corrected chi connectivity index (χ4v) is 3.33. The van der Waals surface area contributed by atoms with Gasteiger partial charge in [-0.25, -0.2) is 0 Å². The molecule has 98 valence electrons. The van der Waals surface area contributed by atoms with Crippen molar-refractivity contribution in [2.24, 2.45) is 0 Å². The standard InChI is InChI=1S/C14H17Br2NO/c15-8-9-17(13-6-1-2-7-13)14(18)11-4-3-5-12(16)10-11/h3-5,10,13H,1-2,6-9H2. The molecule has 0 N–H and O–H groups in total. The monoisotopic (exact) mass is 373 g/mol. The van der Waals surface area contributed by atoms with E-state index in [-0.39, 0.29) is 5.91 Å². The maximum atomic E-state index is 12.6. The molecular formula is C14H17Br2NO. The van der Waals surface area contributed by atoms with E-state index < -0.39 is 0 Å². The Morgan fingerprint density at radius 2 is 2.06 bits per heavy atom. The highest BCUT2D eigenvalue weighted by Crippen LogP contribution is 2.25. The minimum atomic E-state index is 0.155. The molecule has 0 radical (unpaired) electrons. The second kappa shape index (κ2) is 6.71. The van der Waals surface area contributed by atoms with Crippen LogP contribution < -0.4 is 0 Å². The van der Waals surface area contributed by atoms with Gasteiger partial charge in [0.15, 0.2) is 0 Å². The molecule has 2 rings (SSSR count). The highest BCUT2D eigenvalue weighted by molar-refractivity contribution is 9.10. The highest BCUT2D eigenvalue weighted by Gasteiger charge is 2.26. The molecule has 2 nitrogen and oxygen atoms in total. The predicted molar refractivity (Wildman–Crippen MR) is 81.2 cm³/mol. The van der Waals surface area contributed by atoms with Crippen molar-refractivity contribution in [1.82, 2.24) is 4.90 Å². The van der Waals surface area contributed by atoms with Gasteiger partial charge in [-0.1, -0.05) is 50.8 Å². The normalized spacial score (nSPS) is 15.9. The molecule has 0 spiro atoms. The van der Waals surface area contributed by atoms with Crippen LogP contribution in [0.3, 0.4) is 0 Å². The summed E-state index contributed by atoms with van der Waals surface area (Å²) < 4.78 is 0.957. The maximum Gasteiger partial charge on any atom is 0.254 e. The predicted octanol–water partition coefficient (Wildman–Crippen LogP) is 4.23. The summed E-state index contributed by atoms with van der Waals surface area (Å²) >= 11 is 6.87. The largest absolute Gasteiger partial charge is 0.335 e. The van der Waals surface area contributed by atoms with Crippen LogP contribution in [-0.2, 0) is 0 Å². The Morgan fingerprint density at radius 3 is 2.67 bits per heavy atom. The second-order valence-electron chi connectivity index (χ2n) is 4.64. The third kappa shape index (κ3) is 3.35. The van der Waals surface area contributed by atoms with Crippen LogP contribution in [0.5, 0.6) is 0 Å². The molecule has 0 heterocycles.